The number of hydrogen-bond donors (Lipinski definition) is 6. The lowest BCUT2D eigenvalue weighted by molar-refractivity contribution is -0.166. The number of carbonyl (C=O) groups is 6. The highest BCUT2D eigenvalue weighted by Crippen LogP contribution is 2.13. The summed E-state index contributed by atoms with van der Waals surface area (Å²) in [5.74, 6) is -2.48. The average Bonchev–Trinajstić information content (AvgIpc) is 3.10. The molecule has 18 nitrogen and oxygen atoms in total. The van der Waals surface area contributed by atoms with Crippen LogP contribution in [0.2, 0.25) is 0 Å². The van der Waals surface area contributed by atoms with Gasteiger partial charge in [-0.05, 0) is 75.5 Å². The van der Waals surface area contributed by atoms with Gasteiger partial charge in [-0.25, -0.2) is 15.2 Å². The van der Waals surface area contributed by atoms with Crippen LogP contribution in [0.5, 0.6) is 0 Å². The second kappa shape index (κ2) is 26.1. The molecule has 6 N–H and O–H groups in total. The predicted octanol–water partition coefficient (Wildman–Crippen LogP) is 3.34. The van der Waals surface area contributed by atoms with Crippen molar-refractivity contribution >= 4 is 41.1 Å². The van der Waals surface area contributed by atoms with Crippen molar-refractivity contribution in [3.05, 3.63) is 40.3 Å². The summed E-state index contributed by atoms with van der Waals surface area (Å²) in [4.78, 5) is 73.9. The lowest BCUT2D eigenvalue weighted by Crippen LogP contribution is -2.31. The van der Waals surface area contributed by atoms with Gasteiger partial charge in [-0.15, -0.1) is 0 Å². The fourth-order valence-corrected chi connectivity index (χ4v) is 4.46. The maximum atomic E-state index is 12.1. The van der Waals surface area contributed by atoms with Crippen molar-refractivity contribution in [1.29, 1.82) is 0 Å². The molecule has 18 heteroatoms. The molecule has 0 saturated heterocycles. The third-order valence-electron chi connectivity index (χ3n) is 7.43. The summed E-state index contributed by atoms with van der Waals surface area (Å²) in [6, 6.07) is 6.20. The number of nitrogens with one attached hydrogen (secondary N) is 3. The van der Waals surface area contributed by atoms with E-state index in [1.807, 2.05) is 0 Å². The van der Waals surface area contributed by atoms with Gasteiger partial charge in [0.25, 0.3) is 5.91 Å². The Morgan fingerprint density at radius 1 is 0.620 bits per heavy atom. The Morgan fingerprint density at radius 2 is 1.04 bits per heavy atom. The SMILES string of the molecule is CC(=O)N(O)CCCCCNC(=O)CCC(=O)N(O)CCCCCNC(=O)CCC(=O)N(O)CCCCCNC(=O)c1ccc(N=[N+]=[N-])cc1. The van der Waals surface area contributed by atoms with Crippen LogP contribution in [0.4, 0.5) is 5.69 Å². The summed E-state index contributed by atoms with van der Waals surface area (Å²) in [6.45, 7) is 2.84. The number of benzene rings is 1. The van der Waals surface area contributed by atoms with Crippen LogP contribution in [-0.4, -0.2) is 106 Å². The van der Waals surface area contributed by atoms with Crippen LogP contribution in [0.1, 0.15) is 101 Å². The van der Waals surface area contributed by atoms with Crippen molar-refractivity contribution in [2.45, 2.75) is 90.4 Å². The first-order valence-electron chi connectivity index (χ1n) is 16.9. The van der Waals surface area contributed by atoms with Crippen LogP contribution in [-0.2, 0) is 24.0 Å². The molecular formula is C32H51N9O9. The molecule has 0 aliphatic rings. The smallest absolute Gasteiger partial charge is 0.251 e. The number of hydrogen-bond acceptors (Lipinski definition) is 10. The maximum absolute atomic E-state index is 12.1. The van der Waals surface area contributed by atoms with Gasteiger partial charge in [0.2, 0.25) is 29.5 Å². The lowest BCUT2D eigenvalue weighted by atomic mass is 10.2. The highest BCUT2D eigenvalue weighted by atomic mass is 16.5. The molecule has 0 aliphatic heterocycles. The summed E-state index contributed by atoms with van der Waals surface area (Å²) >= 11 is 0. The summed E-state index contributed by atoms with van der Waals surface area (Å²) in [5.41, 5.74) is 9.27. The van der Waals surface area contributed by atoms with E-state index in [4.69, 9.17) is 5.53 Å². The zero-order valence-corrected chi connectivity index (χ0v) is 28.7. The largest absolute Gasteiger partial charge is 0.356 e. The predicted molar refractivity (Wildman–Crippen MR) is 180 cm³/mol. The van der Waals surface area contributed by atoms with Gasteiger partial charge in [0.05, 0.1) is 0 Å². The molecule has 6 amide bonds. The Hall–Kier alpha value is -4.77. The Kier molecular flexibility index (Phi) is 22.6. The van der Waals surface area contributed by atoms with Crippen LogP contribution < -0.4 is 16.0 Å². The normalized spacial score (nSPS) is 10.4. The summed E-state index contributed by atoms with van der Waals surface area (Å²) < 4.78 is 0. The van der Waals surface area contributed by atoms with E-state index in [-0.39, 0.29) is 63.0 Å². The highest BCUT2D eigenvalue weighted by molar-refractivity contribution is 5.94. The van der Waals surface area contributed by atoms with Crippen LogP contribution in [0.15, 0.2) is 29.4 Å². The topological polar surface area (TPSA) is 258 Å². The molecule has 0 spiro atoms. The van der Waals surface area contributed by atoms with E-state index in [1.165, 1.54) is 6.92 Å². The van der Waals surface area contributed by atoms with Crippen molar-refractivity contribution < 1.29 is 44.4 Å². The van der Waals surface area contributed by atoms with Gasteiger partial charge in [-0.3, -0.25) is 44.4 Å². The van der Waals surface area contributed by atoms with E-state index in [2.05, 4.69) is 26.0 Å². The van der Waals surface area contributed by atoms with Gasteiger partial charge in [-0.1, -0.05) is 17.2 Å². The molecule has 0 saturated carbocycles. The number of unbranched alkanes of at least 4 members (excludes halogenated alkanes) is 6. The van der Waals surface area contributed by atoms with Gasteiger partial charge < -0.3 is 16.0 Å². The number of azide groups is 1. The van der Waals surface area contributed by atoms with E-state index in [1.54, 1.807) is 24.3 Å². The minimum Gasteiger partial charge on any atom is -0.356 e. The van der Waals surface area contributed by atoms with E-state index in [9.17, 15) is 44.4 Å². The molecule has 0 heterocycles. The van der Waals surface area contributed by atoms with Crippen molar-refractivity contribution in [3.63, 3.8) is 0 Å². The standard InChI is InChI=1S/C32H51N9O9/c1-25(42)39(48)22-8-2-5-19-34-28(43)15-17-30(45)40(49)23-9-3-6-20-35-29(44)16-18-31(46)41(50)24-10-4-7-21-36-32(47)26-11-13-27(14-12-26)37-38-33/h11-14,48-50H,2-10,15-24H2,1H3,(H,34,43)(H,35,44)(H,36,47). The number of hydroxylamine groups is 6. The van der Waals surface area contributed by atoms with Gasteiger partial charge in [0, 0.05) is 88.0 Å². The monoisotopic (exact) mass is 705 g/mol. The maximum Gasteiger partial charge on any atom is 0.251 e. The molecule has 50 heavy (non-hydrogen) atoms. The van der Waals surface area contributed by atoms with Crippen molar-refractivity contribution in [2.24, 2.45) is 5.11 Å². The molecule has 278 valence electrons. The molecule has 0 atom stereocenters. The quantitative estimate of drug-likeness (QED) is 0.0206. The molecule has 0 unspecified atom stereocenters. The first kappa shape index (κ1) is 43.3. The zero-order chi connectivity index (χ0) is 37.1. The summed E-state index contributed by atoms with van der Waals surface area (Å²) in [7, 11) is 0. The van der Waals surface area contributed by atoms with Crippen molar-refractivity contribution in [3.8, 4) is 0 Å². The molecule has 0 radical (unpaired) electrons. The third kappa shape index (κ3) is 20.6. The Bertz CT molecular complexity index is 1270. The van der Waals surface area contributed by atoms with Crippen LogP contribution >= 0.6 is 0 Å². The van der Waals surface area contributed by atoms with Crippen molar-refractivity contribution in [2.75, 3.05) is 39.3 Å². The van der Waals surface area contributed by atoms with Crippen molar-refractivity contribution in [1.82, 2.24) is 31.1 Å². The van der Waals surface area contributed by atoms with Gasteiger partial charge in [0.15, 0.2) is 0 Å². The van der Waals surface area contributed by atoms with E-state index in [0.717, 1.165) is 0 Å². The average molecular weight is 706 g/mol. The van der Waals surface area contributed by atoms with Gasteiger partial charge >= 0.3 is 0 Å². The van der Waals surface area contributed by atoms with E-state index < -0.39 is 17.7 Å². The number of rotatable bonds is 26. The minimum atomic E-state index is -0.569. The van der Waals surface area contributed by atoms with Gasteiger partial charge in [0.1, 0.15) is 0 Å². The fourth-order valence-electron chi connectivity index (χ4n) is 4.46. The number of amides is 6. The van der Waals surface area contributed by atoms with Crippen LogP contribution in [0.25, 0.3) is 10.4 Å². The Morgan fingerprint density at radius 3 is 1.46 bits per heavy atom. The molecule has 0 fully saturated rings. The second-order valence-electron chi connectivity index (χ2n) is 11.6. The molecule has 0 aliphatic carbocycles. The van der Waals surface area contributed by atoms with E-state index >= 15 is 0 Å². The molecule has 0 aromatic heterocycles. The molecule has 0 bridgehead atoms. The molecule has 1 aromatic carbocycles. The second-order valence-corrected chi connectivity index (χ2v) is 11.6. The Balaban J connectivity index is 2.02. The number of carbonyl (C=O) groups excluding carboxylic acids is 6. The zero-order valence-electron chi connectivity index (χ0n) is 28.7. The molecule has 1 rings (SSSR count). The lowest BCUT2D eigenvalue weighted by Gasteiger charge is -2.15. The first-order chi connectivity index (χ1) is 23.9. The van der Waals surface area contributed by atoms with Crippen LogP contribution in [0.3, 0.4) is 0 Å². The minimum absolute atomic E-state index is 0.0607. The Labute approximate surface area is 291 Å². The summed E-state index contributed by atoms with van der Waals surface area (Å²) in [5, 5.41) is 42.6. The summed E-state index contributed by atoms with van der Waals surface area (Å²) in [6.07, 6.45) is 5.01. The molecular weight excluding hydrogens is 654 g/mol. The number of nitrogens with zero attached hydrogens (tertiary/aromatic N) is 6. The van der Waals surface area contributed by atoms with Gasteiger partial charge in [-0.2, -0.15) is 0 Å². The molecule has 1 aromatic rings. The highest BCUT2D eigenvalue weighted by Gasteiger charge is 2.14. The third-order valence-corrected chi connectivity index (χ3v) is 7.43. The van der Waals surface area contributed by atoms with Crippen LogP contribution in [0, 0.1) is 0 Å². The fraction of sp³-hybridized carbons (Fsp3) is 0.625. The first-order valence-corrected chi connectivity index (χ1v) is 16.9. The van der Waals surface area contributed by atoms with E-state index in [0.29, 0.717) is 104 Å².